The van der Waals surface area contributed by atoms with Crippen molar-refractivity contribution in [1.29, 1.82) is 0 Å². The molecule has 1 aromatic rings. The lowest BCUT2D eigenvalue weighted by molar-refractivity contribution is 0.188. The number of nitrogens with one attached hydrogen (secondary N) is 1. The van der Waals surface area contributed by atoms with Gasteiger partial charge in [0.05, 0.1) is 4.90 Å². The second-order valence-electron chi connectivity index (χ2n) is 4.46. The van der Waals surface area contributed by atoms with Crippen LogP contribution < -0.4 is 10.5 Å². The summed E-state index contributed by atoms with van der Waals surface area (Å²) in [5.41, 5.74) is 6.41. The van der Waals surface area contributed by atoms with Crippen molar-refractivity contribution in [3.8, 4) is 0 Å². The lowest BCUT2D eigenvalue weighted by atomic mass is 10.3. The molecule has 0 bridgehead atoms. The van der Waals surface area contributed by atoms with Gasteiger partial charge < -0.3 is 15.0 Å². The van der Waals surface area contributed by atoms with Crippen LogP contribution in [0.5, 0.6) is 0 Å². The average Bonchev–Trinajstić information content (AvgIpc) is 2.79. The number of hydrogen-bond acceptors (Lipinski definition) is 4. The van der Waals surface area contributed by atoms with Crippen LogP contribution in [0.2, 0.25) is 0 Å². The number of rotatable bonds is 8. The first-order valence-electron chi connectivity index (χ1n) is 6.35. The van der Waals surface area contributed by atoms with Gasteiger partial charge in [0.2, 0.25) is 10.0 Å². The Bertz CT molecular complexity index is 475. The van der Waals surface area contributed by atoms with Gasteiger partial charge in [0.25, 0.3) is 0 Å². The first-order valence-corrected chi connectivity index (χ1v) is 7.83. The summed E-state index contributed by atoms with van der Waals surface area (Å²) in [7, 11) is -1.90. The monoisotopic (exact) mass is 289 g/mol. The Balaban J connectivity index is 2.85. The molecule has 1 aromatic heterocycles. The van der Waals surface area contributed by atoms with Crippen molar-refractivity contribution < 1.29 is 13.2 Å². The number of hydrogen-bond donors (Lipinski definition) is 2. The summed E-state index contributed by atoms with van der Waals surface area (Å²) in [6, 6.07) is 1.45. The molecule has 1 rings (SSSR count). The van der Waals surface area contributed by atoms with Gasteiger partial charge in [0.15, 0.2) is 0 Å². The first kappa shape index (κ1) is 16.2. The van der Waals surface area contributed by atoms with Gasteiger partial charge in [-0.3, -0.25) is 0 Å². The van der Waals surface area contributed by atoms with Gasteiger partial charge >= 0.3 is 0 Å². The summed E-state index contributed by atoms with van der Waals surface area (Å²) in [6.07, 6.45) is 2.25. The maximum Gasteiger partial charge on any atom is 0.242 e. The van der Waals surface area contributed by atoms with E-state index in [9.17, 15) is 8.42 Å². The van der Waals surface area contributed by atoms with E-state index in [0.717, 1.165) is 5.69 Å². The minimum absolute atomic E-state index is 0.170. The van der Waals surface area contributed by atoms with Gasteiger partial charge in [0.1, 0.15) is 0 Å². The van der Waals surface area contributed by atoms with Crippen LogP contribution in [0.1, 0.15) is 26.0 Å². The van der Waals surface area contributed by atoms with Crippen LogP contribution in [0.25, 0.3) is 0 Å². The Morgan fingerprint density at radius 3 is 2.68 bits per heavy atom. The molecule has 3 N–H and O–H groups in total. The number of methoxy groups -OCH3 is 1. The minimum atomic E-state index is -3.49. The van der Waals surface area contributed by atoms with Crippen molar-refractivity contribution in [2.24, 2.45) is 5.73 Å². The van der Waals surface area contributed by atoms with Gasteiger partial charge in [-0.2, -0.15) is 0 Å². The van der Waals surface area contributed by atoms with Crippen LogP contribution in [0, 0.1) is 0 Å². The molecule has 110 valence electrons. The summed E-state index contributed by atoms with van der Waals surface area (Å²) in [5, 5.41) is 0. The number of ether oxygens (including phenoxy) is 1. The number of nitrogens with zero attached hydrogens (tertiary/aromatic N) is 1. The fraction of sp³-hybridized carbons (Fsp3) is 0.667. The standard InChI is InChI=1S/C12H23N3O3S/c1-4-15-9-12(7-11(15)8-13)19(16,17)14-10(2)5-6-18-3/h7,9-10,14H,4-6,8,13H2,1-3H3. The molecule has 0 aliphatic heterocycles. The maximum atomic E-state index is 12.2. The Morgan fingerprint density at radius 1 is 1.53 bits per heavy atom. The molecule has 0 spiro atoms. The zero-order chi connectivity index (χ0) is 14.5. The van der Waals surface area contributed by atoms with E-state index in [-0.39, 0.29) is 10.9 Å². The normalized spacial score (nSPS) is 13.7. The fourth-order valence-corrected chi connectivity index (χ4v) is 3.17. The van der Waals surface area contributed by atoms with E-state index in [1.165, 1.54) is 0 Å². The van der Waals surface area contributed by atoms with Crippen molar-refractivity contribution >= 4 is 10.0 Å². The van der Waals surface area contributed by atoms with Crippen molar-refractivity contribution in [1.82, 2.24) is 9.29 Å². The first-order chi connectivity index (χ1) is 8.94. The SMILES string of the molecule is CCn1cc(S(=O)(=O)NC(C)CCOC)cc1CN. The number of aromatic nitrogens is 1. The lowest BCUT2D eigenvalue weighted by Gasteiger charge is -2.12. The Hall–Kier alpha value is -0.890. The van der Waals surface area contributed by atoms with Crippen LogP contribution in [-0.2, 0) is 27.8 Å². The number of aryl methyl sites for hydroxylation is 1. The maximum absolute atomic E-state index is 12.2. The fourth-order valence-electron chi connectivity index (χ4n) is 1.82. The van der Waals surface area contributed by atoms with Crippen molar-refractivity contribution in [2.75, 3.05) is 13.7 Å². The molecular weight excluding hydrogens is 266 g/mol. The van der Waals surface area contributed by atoms with E-state index in [1.54, 1.807) is 19.4 Å². The molecule has 0 aliphatic rings. The van der Waals surface area contributed by atoms with Crippen LogP contribution in [0.15, 0.2) is 17.2 Å². The summed E-state index contributed by atoms with van der Waals surface area (Å²) in [6.45, 7) is 5.30. The molecule has 1 atom stereocenters. The molecule has 0 saturated heterocycles. The van der Waals surface area contributed by atoms with E-state index in [2.05, 4.69) is 4.72 Å². The zero-order valence-corrected chi connectivity index (χ0v) is 12.5. The third-order valence-electron chi connectivity index (χ3n) is 2.93. The molecule has 0 fully saturated rings. The van der Waals surface area contributed by atoms with E-state index in [1.807, 2.05) is 18.4 Å². The molecule has 1 unspecified atom stereocenters. The molecule has 0 aliphatic carbocycles. The van der Waals surface area contributed by atoms with Crippen molar-refractivity contribution in [2.45, 2.75) is 44.3 Å². The molecule has 0 saturated carbocycles. The largest absolute Gasteiger partial charge is 0.385 e. The molecule has 6 nitrogen and oxygen atoms in total. The van der Waals surface area contributed by atoms with Crippen LogP contribution >= 0.6 is 0 Å². The summed E-state index contributed by atoms with van der Waals surface area (Å²) >= 11 is 0. The molecule has 0 radical (unpaired) electrons. The summed E-state index contributed by atoms with van der Waals surface area (Å²) in [5.74, 6) is 0. The smallest absolute Gasteiger partial charge is 0.242 e. The van der Waals surface area contributed by atoms with Gasteiger partial charge in [-0.1, -0.05) is 0 Å². The quantitative estimate of drug-likeness (QED) is 0.736. The predicted octanol–water partition coefficient (Wildman–Crippen LogP) is 0.670. The second kappa shape index (κ2) is 7.04. The molecule has 7 heteroatoms. The highest BCUT2D eigenvalue weighted by molar-refractivity contribution is 7.89. The third kappa shape index (κ3) is 4.31. The van der Waals surface area contributed by atoms with Gasteiger partial charge in [-0.25, -0.2) is 13.1 Å². The van der Waals surface area contributed by atoms with Crippen LogP contribution in [-0.4, -0.2) is 32.7 Å². The molecule has 19 heavy (non-hydrogen) atoms. The molecule has 0 aromatic carbocycles. The Kier molecular flexibility index (Phi) is 5.99. The second-order valence-corrected chi connectivity index (χ2v) is 6.18. The van der Waals surface area contributed by atoms with E-state index in [0.29, 0.717) is 26.1 Å². The Labute approximate surface area is 115 Å². The molecule has 1 heterocycles. The summed E-state index contributed by atoms with van der Waals surface area (Å²) in [4.78, 5) is 0.263. The van der Waals surface area contributed by atoms with E-state index >= 15 is 0 Å². The lowest BCUT2D eigenvalue weighted by Crippen LogP contribution is -2.33. The Morgan fingerprint density at radius 2 is 2.21 bits per heavy atom. The number of sulfonamides is 1. The van der Waals surface area contributed by atoms with Crippen molar-refractivity contribution in [3.63, 3.8) is 0 Å². The highest BCUT2D eigenvalue weighted by atomic mass is 32.2. The van der Waals surface area contributed by atoms with E-state index < -0.39 is 10.0 Å². The van der Waals surface area contributed by atoms with Crippen molar-refractivity contribution in [3.05, 3.63) is 18.0 Å². The van der Waals surface area contributed by atoms with E-state index in [4.69, 9.17) is 10.5 Å². The summed E-state index contributed by atoms with van der Waals surface area (Å²) < 4.78 is 33.8. The highest BCUT2D eigenvalue weighted by Gasteiger charge is 2.20. The van der Waals surface area contributed by atoms with Gasteiger partial charge in [0, 0.05) is 44.7 Å². The predicted molar refractivity (Wildman–Crippen MR) is 74.3 cm³/mol. The molecule has 0 amide bonds. The highest BCUT2D eigenvalue weighted by Crippen LogP contribution is 2.15. The third-order valence-corrected chi connectivity index (χ3v) is 4.49. The van der Waals surface area contributed by atoms with Gasteiger partial charge in [-0.05, 0) is 26.3 Å². The topological polar surface area (TPSA) is 86.3 Å². The van der Waals surface area contributed by atoms with Gasteiger partial charge in [-0.15, -0.1) is 0 Å². The average molecular weight is 289 g/mol. The molecular formula is C12H23N3O3S. The van der Waals surface area contributed by atoms with Crippen LogP contribution in [0.3, 0.4) is 0 Å². The zero-order valence-electron chi connectivity index (χ0n) is 11.7. The van der Waals surface area contributed by atoms with Crippen LogP contribution in [0.4, 0.5) is 0 Å². The minimum Gasteiger partial charge on any atom is -0.385 e. The number of nitrogens with two attached hydrogens (primary N) is 1.